The van der Waals surface area contributed by atoms with Gasteiger partial charge in [0.15, 0.2) is 12.2 Å². The van der Waals surface area contributed by atoms with Gasteiger partial charge in [0.1, 0.15) is 19.3 Å². The van der Waals surface area contributed by atoms with Crippen molar-refractivity contribution < 1.29 is 80.2 Å². The molecule has 0 aliphatic heterocycles. The smallest absolute Gasteiger partial charge is 0.462 e. The second-order valence-electron chi connectivity index (χ2n) is 28.3. The fraction of sp³-hybridized carbons (Fsp3) is 0.947. The van der Waals surface area contributed by atoms with Gasteiger partial charge in [0, 0.05) is 25.7 Å². The van der Waals surface area contributed by atoms with Gasteiger partial charge in [-0.15, -0.1) is 0 Å². The molecule has 0 saturated heterocycles. The number of rotatable bonds is 75. The van der Waals surface area contributed by atoms with E-state index in [1.165, 1.54) is 212 Å². The molecule has 5 atom stereocenters. The van der Waals surface area contributed by atoms with E-state index in [4.69, 9.17) is 37.0 Å². The van der Waals surface area contributed by atoms with Crippen LogP contribution in [0, 0.1) is 11.8 Å². The summed E-state index contributed by atoms with van der Waals surface area (Å²) in [5, 5.41) is 10.6. The third kappa shape index (κ3) is 70.3. The van der Waals surface area contributed by atoms with Crippen LogP contribution in [0.15, 0.2) is 0 Å². The molecule has 0 aromatic heterocycles. The Morgan fingerprint density at radius 2 is 0.484 bits per heavy atom. The highest BCUT2D eigenvalue weighted by Gasteiger charge is 2.30. The van der Waals surface area contributed by atoms with Crippen LogP contribution in [0.3, 0.4) is 0 Å². The fourth-order valence-electron chi connectivity index (χ4n) is 11.7. The van der Waals surface area contributed by atoms with E-state index < -0.39 is 97.5 Å². The molecule has 17 nitrogen and oxygen atoms in total. The van der Waals surface area contributed by atoms with Crippen molar-refractivity contribution in [1.29, 1.82) is 0 Å². The van der Waals surface area contributed by atoms with E-state index in [9.17, 15) is 43.2 Å². The molecule has 95 heavy (non-hydrogen) atoms. The van der Waals surface area contributed by atoms with Crippen molar-refractivity contribution in [2.45, 2.75) is 413 Å². The minimum absolute atomic E-state index is 0.107. The highest BCUT2D eigenvalue weighted by molar-refractivity contribution is 7.47. The monoisotopic (exact) mass is 1400 g/mol. The molecule has 0 aliphatic carbocycles. The average Bonchev–Trinajstić information content (AvgIpc) is 1.70. The standard InChI is InChI=1S/C76H148O17P2/c1-7-9-11-13-15-17-19-29-36-42-48-54-60-75(80)92-71(64-86-73(78)58-52-46-40-34-18-16-14-12-10-8-2)66-90-94(82,83)88-62-70(77)63-89-95(84,85)91-67-72(65-87-74(79)59-53-47-41-35-30-26-25-28-33-39-45-51-57-69(5)6)93-76(81)61-55-49-43-37-31-24-22-20-21-23-27-32-38-44-50-56-68(3)4/h68-72,77H,7-67H2,1-6H3,(H,82,83)(H,84,85)/t70-,71+,72+/m0/s1. The molecule has 0 aromatic carbocycles. The maximum Gasteiger partial charge on any atom is 0.472 e. The number of phosphoric ester groups is 2. The van der Waals surface area contributed by atoms with Gasteiger partial charge in [-0.05, 0) is 37.5 Å². The Morgan fingerprint density at radius 3 is 0.716 bits per heavy atom. The Balaban J connectivity index is 5.24. The zero-order chi connectivity index (χ0) is 70.0. The van der Waals surface area contributed by atoms with Crippen LogP contribution >= 0.6 is 15.6 Å². The van der Waals surface area contributed by atoms with Gasteiger partial charge in [0.05, 0.1) is 26.4 Å². The van der Waals surface area contributed by atoms with Crippen LogP contribution in [0.1, 0.15) is 395 Å². The van der Waals surface area contributed by atoms with Gasteiger partial charge in [-0.25, -0.2) is 9.13 Å². The summed E-state index contributed by atoms with van der Waals surface area (Å²) < 4.78 is 68.5. The van der Waals surface area contributed by atoms with Gasteiger partial charge < -0.3 is 33.8 Å². The summed E-state index contributed by atoms with van der Waals surface area (Å²) in [7, 11) is -9.91. The van der Waals surface area contributed by atoms with Crippen LogP contribution in [-0.4, -0.2) is 96.7 Å². The first kappa shape index (κ1) is 93.1. The normalized spacial score (nSPS) is 14.0. The van der Waals surface area contributed by atoms with Crippen LogP contribution in [0.5, 0.6) is 0 Å². The molecule has 0 radical (unpaired) electrons. The third-order valence-electron chi connectivity index (χ3n) is 17.7. The van der Waals surface area contributed by atoms with Crippen LogP contribution in [0.25, 0.3) is 0 Å². The second-order valence-corrected chi connectivity index (χ2v) is 31.3. The lowest BCUT2D eigenvalue weighted by molar-refractivity contribution is -0.161. The number of hydrogen-bond acceptors (Lipinski definition) is 15. The number of carbonyl (C=O) groups is 4. The number of aliphatic hydroxyl groups is 1. The lowest BCUT2D eigenvalue weighted by Gasteiger charge is -2.21. The van der Waals surface area contributed by atoms with E-state index in [2.05, 4.69) is 41.5 Å². The second kappa shape index (κ2) is 67.9. The van der Waals surface area contributed by atoms with Crippen LogP contribution in [-0.2, 0) is 65.4 Å². The van der Waals surface area contributed by atoms with Crippen molar-refractivity contribution in [2.24, 2.45) is 11.8 Å². The van der Waals surface area contributed by atoms with Crippen LogP contribution in [0.4, 0.5) is 0 Å². The summed E-state index contributed by atoms with van der Waals surface area (Å²) in [4.78, 5) is 72.8. The summed E-state index contributed by atoms with van der Waals surface area (Å²) >= 11 is 0. The number of ether oxygens (including phenoxy) is 4. The van der Waals surface area contributed by atoms with E-state index in [0.29, 0.717) is 25.7 Å². The van der Waals surface area contributed by atoms with Gasteiger partial charge in [-0.2, -0.15) is 0 Å². The summed E-state index contributed by atoms with van der Waals surface area (Å²) in [6, 6.07) is 0. The molecular formula is C76H148O17P2. The van der Waals surface area contributed by atoms with Crippen molar-refractivity contribution in [3.63, 3.8) is 0 Å². The highest BCUT2D eigenvalue weighted by atomic mass is 31.2. The molecule has 0 fully saturated rings. The van der Waals surface area contributed by atoms with E-state index >= 15 is 0 Å². The Bertz CT molecular complexity index is 1840. The van der Waals surface area contributed by atoms with Gasteiger partial charge in [-0.3, -0.25) is 37.3 Å². The molecule has 564 valence electrons. The zero-order valence-electron chi connectivity index (χ0n) is 62.0. The number of carbonyl (C=O) groups excluding carboxylic acids is 4. The molecule has 2 unspecified atom stereocenters. The summed E-state index contributed by atoms with van der Waals surface area (Å²) in [6.07, 6.45) is 55.3. The average molecular weight is 1400 g/mol. The molecule has 0 spiro atoms. The minimum atomic E-state index is -4.96. The molecule has 3 N–H and O–H groups in total. The number of aliphatic hydroxyl groups excluding tert-OH is 1. The van der Waals surface area contributed by atoms with E-state index in [0.717, 1.165) is 102 Å². The van der Waals surface area contributed by atoms with Crippen molar-refractivity contribution in [1.82, 2.24) is 0 Å². The molecule has 0 rings (SSSR count). The van der Waals surface area contributed by atoms with Crippen molar-refractivity contribution in [3.8, 4) is 0 Å². The molecule has 0 bridgehead atoms. The molecule has 0 aromatic rings. The van der Waals surface area contributed by atoms with Gasteiger partial charge in [0.25, 0.3) is 0 Å². The Kier molecular flexibility index (Phi) is 66.5. The topological polar surface area (TPSA) is 237 Å². The lowest BCUT2D eigenvalue weighted by Crippen LogP contribution is -2.30. The predicted molar refractivity (Wildman–Crippen MR) is 386 cm³/mol. The van der Waals surface area contributed by atoms with Gasteiger partial charge in [0.2, 0.25) is 0 Å². The number of unbranched alkanes of at least 4 members (excludes halogenated alkanes) is 45. The van der Waals surface area contributed by atoms with Crippen molar-refractivity contribution >= 4 is 39.5 Å². The first-order chi connectivity index (χ1) is 45.9. The third-order valence-corrected chi connectivity index (χ3v) is 19.6. The molecule has 0 aliphatic rings. The number of esters is 4. The molecular weight excluding hydrogens is 1250 g/mol. The van der Waals surface area contributed by atoms with Crippen LogP contribution in [0.2, 0.25) is 0 Å². The zero-order valence-corrected chi connectivity index (χ0v) is 63.8. The van der Waals surface area contributed by atoms with Gasteiger partial charge in [-0.1, -0.05) is 343 Å². The quantitative estimate of drug-likeness (QED) is 0.0222. The molecule has 0 amide bonds. The molecule has 19 heteroatoms. The first-order valence-electron chi connectivity index (χ1n) is 39.5. The van der Waals surface area contributed by atoms with Gasteiger partial charge >= 0.3 is 39.5 Å². The molecule has 0 saturated carbocycles. The number of hydrogen-bond donors (Lipinski definition) is 3. The van der Waals surface area contributed by atoms with Crippen LogP contribution < -0.4 is 0 Å². The highest BCUT2D eigenvalue weighted by Crippen LogP contribution is 2.45. The summed E-state index contributed by atoms with van der Waals surface area (Å²) in [5.74, 6) is -0.529. The lowest BCUT2D eigenvalue weighted by atomic mass is 10.0. The SMILES string of the molecule is CCCCCCCCCCCCCCC(=O)O[C@H](COC(=O)CCCCCCCCCCCC)COP(=O)(O)OC[C@H](O)COP(=O)(O)OC[C@@H](COC(=O)CCCCCCCCCCCCCCC(C)C)OC(=O)CCCCCCCCCCCCCCCCCC(C)C. The Labute approximate surface area is 581 Å². The molecule has 0 heterocycles. The number of phosphoric acid groups is 2. The van der Waals surface area contributed by atoms with E-state index in [1.807, 2.05) is 0 Å². The summed E-state index contributed by atoms with van der Waals surface area (Å²) in [5.41, 5.74) is 0. The fourth-order valence-corrected chi connectivity index (χ4v) is 13.2. The maximum atomic E-state index is 13.1. The maximum absolute atomic E-state index is 13.1. The van der Waals surface area contributed by atoms with Crippen molar-refractivity contribution in [3.05, 3.63) is 0 Å². The Hall–Kier alpha value is -1.94. The van der Waals surface area contributed by atoms with Crippen molar-refractivity contribution in [2.75, 3.05) is 39.6 Å². The predicted octanol–water partition coefficient (Wildman–Crippen LogP) is 22.3. The van der Waals surface area contributed by atoms with E-state index in [1.54, 1.807) is 0 Å². The summed E-state index contributed by atoms with van der Waals surface area (Å²) in [6.45, 7) is 9.63. The minimum Gasteiger partial charge on any atom is -0.462 e. The van der Waals surface area contributed by atoms with E-state index in [-0.39, 0.29) is 25.7 Å². The Morgan fingerprint density at radius 1 is 0.284 bits per heavy atom. The first-order valence-corrected chi connectivity index (χ1v) is 42.5. The largest absolute Gasteiger partial charge is 0.472 e.